The van der Waals surface area contributed by atoms with E-state index in [9.17, 15) is 0 Å². The predicted molar refractivity (Wildman–Crippen MR) is 49.5 cm³/mol. The van der Waals surface area contributed by atoms with Crippen LogP contribution in [0.1, 0.15) is 0 Å². The Labute approximate surface area is 100 Å². The zero-order chi connectivity index (χ0) is 8.39. The molecule has 0 bridgehead atoms. The van der Waals surface area contributed by atoms with Crippen molar-refractivity contribution < 1.29 is 21.4 Å². The summed E-state index contributed by atoms with van der Waals surface area (Å²) in [7, 11) is 0. The van der Waals surface area contributed by atoms with Gasteiger partial charge in [0.1, 0.15) is 0 Å². The molecule has 1 nitrogen and oxygen atoms in total. The van der Waals surface area contributed by atoms with Crippen molar-refractivity contribution in [2.24, 2.45) is 0 Å². The molecule has 1 aromatic carbocycles. The van der Waals surface area contributed by atoms with Crippen LogP contribution in [-0.4, -0.2) is 21.7 Å². The summed E-state index contributed by atoms with van der Waals surface area (Å²) in [5, 5.41) is 0. The van der Waals surface area contributed by atoms with Crippen molar-refractivity contribution in [3.63, 3.8) is 0 Å². The molecule has 3 heteroatoms. The second kappa shape index (κ2) is 4.84. The van der Waals surface area contributed by atoms with Crippen molar-refractivity contribution in [1.29, 1.82) is 0 Å². The van der Waals surface area contributed by atoms with Crippen LogP contribution in [0.25, 0.3) is 11.3 Å². The fraction of sp³-hybridized carbons (Fsp3) is 0. The molecule has 2 aromatic rings. The summed E-state index contributed by atoms with van der Waals surface area (Å²) in [6, 6.07) is 12.2. The van der Waals surface area contributed by atoms with E-state index in [0.717, 1.165) is 11.3 Å². The first-order valence-electron chi connectivity index (χ1n) is 3.82. The Kier molecular flexibility index (Phi) is 4.03. The Balaban J connectivity index is 0.000000845. The average molecular weight is 247 g/mol. The molecule has 1 heterocycles. The minimum absolute atomic E-state index is 0. The van der Waals surface area contributed by atoms with Crippen LogP contribution < -0.4 is 20.7 Å². The van der Waals surface area contributed by atoms with Gasteiger partial charge in [-0.05, 0) is 0 Å². The Morgan fingerprint density at radius 1 is 1.08 bits per heavy atom. The normalized spacial score (nSPS) is 9.38. The minimum atomic E-state index is 0. The van der Waals surface area contributed by atoms with E-state index in [2.05, 4.69) is 18.2 Å². The van der Waals surface area contributed by atoms with Crippen molar-refractivity contribution in [3.8, 4) is 11.3 Å². The van der Waals surface area contributed by atoms with Crippen LogP contribution in [0, 0.1) is 0 Å². The molecule has 0 spiro atoms. The summed E-state index contributed by atoms with van der Waals surface area (Å²) in [6.45, 7) is 0. The summed E-state index contributed by atoms with van der Waals surface area (Å²) >= 11 is 1.88. The van der Waals surface area contributed by atoms with Gasteiger partial charge in [0.2, 0.25) is 0 Å². The van der Waals surface area contributed by atoms with Crippen molar-refractivity contribution in [2.45, 2.75) is 0 Å². The van der Waals surface area contributed by atoms with Gasteiger partial charge < -0.3 is 17.0 Å². The van der Waals surface area contributed by atoms with Gasteiger partial charge in [0.25, 0.3) is 0 Å². The van der Waals surface area contributed by atoms with E-state index in [1.165, 1.54) is 3.69 Å². The molecule has 0 unspecified atom stereocenters. The van der Waals surface area contributed by atoms with Crippen LogP contribution in [0.4, 0.5) is 0 Å². The third-order valence-corrected chi connectivity index (χ3v) is 2.17. The van der Waals surface area contributed by atoms with Gasteiger partial charge in [-0.25, -0.2) is 0 Å². The molecule has 1 aromatic heterocycles. The maximum absolute atomic E-state index is 5.28. The van der Waals surface area contributed by atoms with Crippen LogP contribution >= 0.6 is 0 Å². The molecule has 13 heavy (non-hydrogen) atoms. The van der Waals surface area contributed by atoms with Crippen molar-refractivity contribution in [3.05, 3.63) is 42.7 Å². The number of benzene rings is 1. The number of halogens is 1. The summed E-state index contributed by atoms with van der Waals surface area (Å²) in [4.78, 5) is 0. The number of hydrogen-bond donors (Lipinski definition) is 0. The maximum atomic E-state index is 5.28. The second-order valence-electron chi connectivity index (χ2n) is 2.68. The summed E-state index contributed by atoms with van der Waals surface area (Å²) in [5.41, 5.74) is 1.15. The van der Waals surface area contributed by atoms with Gasteiger partial charge in [0.05, 0.1) is 0 Å². The SMILES string of the molecule is [Br-].[Mg+][c]1cccc(-c2ccco2)c1. The Bertz CT molecular complexity index is 370. The van der Waals surface area contributed by atoms with Crippen molar-refractivity contribution in [2.75, 3.05) is 0 Å². The first-order chi connectivity index (χ1) is 5.86. The Morgan fingerprint density at radius 2 is 1.92 bits per heavy atom. The van der Waals surface area contributed by atoms with Crippen molar-refractivity contribution in [1.82, 2.24) is 0 Å². The zero-order valence-corrected chi connectivity index (χ0v) is 10.0. The van der Waals surface area contributed by atoms with Crippen LogP contribution in [-0.2, 0) is 0 Å². The summed E-state index contributed by atoms with van der Waals surface area (Å²) in [5.74, 6) is 0.934. The third-order valence-electron chi connectivity index (χ3n) is 1.73. The first-order valence-corrected chi connectivity index (χ1v) is 4.53. The molecule has 62 valence electrons. The molecule has 0 saturated carbocycles. The molecule has 0 atom stereocenters. The van der Waals surface area contributed by atoms with Gasteiger partial charge in [-0.3, -0.25) is 0 Å². The molecule has 0 amide bonds. The molecule has 0 fully saturated rings. The fourth-order valence-corrected chi connectivity index (χ4v) is 1.52. The molecular formula is C10H7BrMgO. The monoisotopic (exact) mass is 246 g/mol. The van der Waals surface area contributed by atoms with E-state index in [0.29, 0.717) is 0 Å². The van der Waals surface area contributed by atoms with Crippen LogP contribution in [0.3, 0.4) is 0 Å². The van der Waals surface area contributed by atoms with E-state index in [4.69, 9.17) is 4.42 Å². The van der Waals surface area contributed by atoms with Gasteiger partial charge in [-0.15, -0.1) is 0 Å². The molecule has 0 aliphatic carbocycles. The van der Waals surface area contributed by atoms with Gasteiger partial charge in [0, 0.05) is 0 Å². The van der Waals surface area contributed by atoms with Crippen LogP contribution in [0.5, 0.6) is 0 Å². The van der Waals surface area contributed by atoms with Crippen LogP contribution in [0.15, 0.2) is 47.1 Å². The van der Waals surface area contributed by atoms with E-state index in [-0.39, 0.29) is 17.0 Å². The van der Waals surface area contributed by atoms with E-state index in [1.54, 1.807) is 6.26 Å². The van der Waals surface area contributed by atoms with E-state index < -0.39 is 0 Å². The molecular weight excluding hydrogens is 240 g/mol. The predicted octanol–water partition coefficient (Wildman–Crippen LogP) is -1.26. The van der Waals surface area contributed by atoms with Crippen LogP contribution in [0.2, 0.25) is 0 Å². The van der Waals surface area contributed by atoms with Gasteiger partial charge in [-0.2, -0.15) is 0 Å². The number of rotatable bonds is 1. The molecule has 0 saturated heterocycles. The first kappa shape index (κ1) is 10.8. The summed E-state index contributed by atoms with van der Waals surface area (Å²) in [6.07, 6.45) is 1.69. The molecule has 0 N–H and O–H groups in total. The second-order valence-corrected chi connectivity index (χ2v) is 3.49. The van der Waals surface area contributed by atoms with E-state index in [1.807, 2.05) is 39.9 Å². The van der Waals surface area contributed by atoms with Gasteiger partial charge in [-0.1, -0.05) is 0 Å². The standard InChI is InChI=1S/C10H7O.BrH.Mg/c1-2-5-9(6-3-1)10-7-4-8-11-10;;/h1-2,4-8H;1H;/q;;+1/p-1. The van der Waals surface area contributed by atoms with Gasteiger partial charge >= 0.3 is 83.8 Å². The Morgan fingerprint density at radius 3 is 2.54 bits per heavy atom. The molecule has 0 radical (unpaired) electrons. The third kappa shape index (κ3) is 2.59. The molecule has 2 rings (SSSR count). The zero-order valence-electron chi connectivity index (χ0n) is 7.03. The topological polar surface area (TPSA) is 13.1 Å². The quantitative estimate of drug-likeness (QED) is 0.574. The molecule has 0 aliphatic rings. The number of furan rings is 1. The van der Waals surface area contributed by atoms with E-state index >= 15 is 0 Å². The number of hydrogen-bond acceptors (Lipinski definition) is 1. The average Bonchev–Trinajstić information content (AvgIpc) is 2.56. The van der Waals surface area contributed by atoms with Crippen molar-refractivity contribution >= 4 is 25.4 Å². The fourth-order valence-electron chi connectivity index (χ4n) is 1.17. The van der Waals surface area contributed by atoms with Gasteiger partial charge in [0.15, 0.2) is 0 Å². The summed E-state index contributed by atoms with van der Waals surface area (Å²) < 4.78 is 6.56. The Hall–Kier alpha value is -0.254. The molecule has 0 aliphatic heterocycles.